The van der Waals surface area contributed by atoms with Gasteiger partial charge in [-0.25, -0.2) is 9.36 Å². The lowest BCUT2D eigenvalue weighted by molar-refractivity contribution is 0.789. The maximum Gasteiger partial charge on any atom is 0.135 e. The number of benzene rings is 2. The molecule has 0 N–H and O–H groups in total. The van der Waals surface area contributed by atoms with Crippen LogP contribution in [0.4, 0.5) is 0 Å². The van der Waals surface area contributed by atoms with E-state index in [1.165, 1.54) is 0 Å². The van der Waals surface area contributed by atoms with Gasteiger partial charge >= 0.3 is 0 Å². The lowest BCUT2D eigenvalue weighted by Crippen LogP contribution is -1.96. The fourth-order valence-electron chi connectivity index (χ4n) is 2.64. The van der Waals surface area contributed by atoms with Gasteiger partial charge in [0.05, 0.1) is 23.8 Å². The van der Waals surface area contributed by atoms with Crippen LogP contribution in [0.1, 0.15) is 0 Å². The van der Waals surface area contributed by atoms with Gasteiger partial charge < -0.3 is 0 Å². The predicted molar refractivity (Wildman–Crippen MR) is 105 cm³/mol. The van der Waals surface area contributed by atoms with E-state index in [9.17, 15) is 0 Å². The Balaban J connectivity index is 1.68. The van der Waals surface area contributed by atoms with Crippen LogP contribution >= 0.6 is 23.5 Å². The van der Waals surface area contributed by atoms with Crippen molar-refractivity contribution < 1.29 is 0 Å². The molecule has 130 valence electrons. The van der Waals surface area contributed by atoms with Gasteiger partial charge in [-0.2, -0.15) is 0 Å². The van der Waals surface area contributed by atoms with Crippen molar-refractivity contribution in [3.8, 4) is 22.8 Å². The largest absolute Gasteiger partial charge is 0.219 e. The van der Waals surface area contributed by atoms with E-state index in [0.29, 0.717) is 11.4 Å². The third kappa shape index (κ3) is 3.13. The molecule has 4 rings (SSSR count). The van der Waals surface area contributed by atoms with Gasteiger partial charge in [0.25, 0.3) is 0 Å². The van der Waals surface area contributed by atoms with E-state index < -0.39 is 0 Å². The summed E-state index contributed by atoms with van der Waals surface area (Å²) in [6.07, 6.45) is 7.85. The SMILES string of the molecule is CSc1ccccc1-n1cc(-c2cn(-c3ccccc3SC)nn2)nn1. The van der Waals surface area contributed by atoms with E-state index in [0.717, 1.165) is 21.2 Å². The average molecular weight is 381 g/mol. The van der Waals surface area contributed by atoms with Crippen molar-refractivity contribution in [1.29, 1.82) is 0 Å². The minimum absolute atomic E-state index is 0.689. The van der Waals surface area contributed by atoms with Crippen molar-refractivity contribution in [2.45, 2.75) is 9.79 Å². The molecule has 8 heteroatoms. The van der Waals surface area contributed by atoms with E-state index in [4.69, 9.17) is 0 Å². The Morgan fingerprint density at radius 3 is 1.50 bits per heavy atom. The second kappa shape index (κ2) is 7.35. The first-order valence-electron chi connectivity index (χ1n) is 7.92. The minimum atomic E-state index is 0.689. The molecule has 0 aliphatic heterocycles. The van der Waals surface area contributed by atoms with Crippen molar-refractivity contribution in [2.24, 2.45) is 0 Å². The van der Waals surface area contributed by atoms with Gasteiger partial charge in [-0.1, -0.05) is 34.7 Å². The Bertz CT molecular complexity index is 956. The van der Waals surface area contributed by atoms with Crippen LogP contribution in [0.25, 0.3) is 22.8 Å². The number of hydrogen-bond donors (Lipinski definition) is 0. The first-order chi connectivity index (χ1) is 12.8. The molecule has 0 aliphatic carbocycles. The van der Waals surface area contributed by atoms with Crippen LogP contribution in [0.15, 0.2) is 70.7 Å². The summed E-state index contributed by atoms with van der Waals surface area (Å²) in [6.45, 7) is 0. The highest BCUT2D eigenvalue weighted by Crippen LogP contribution is 2.26. The maximum absolute atomic E-state index is 4.27. The summed E-state index contributed by atoms with van der Waals surface area (Å²) in [7, 11) is 0. The van der Waals surface area contributed by atoms with Gasteiger partial charge in [-0.15, -0.1) is 33.7 Å². The Morgan fingerprint density at radius 1 is 0.654 bits per heavy atom. The topological polar surface area (TPSA) is 61.4 Å². The summed E-state index contributed by atoms with van der Waals surface area (Å²) in [4.78, 5) is 2.28. The normalized spacial score (nSPS) is 11.0. The van der Waals surface area contributed by atoms with Crippen LogP contribution < -0.4 is 0 Å². The van der Waals surface area contributed by atoms with E-state index in [-0.39, 0.29) is 0 Å². The maximum atomic E-state index is 4.27. The molecule has 0 fully saturated rings. The number of hydrogen-bond acceptors (Lipinski definition) is 6. The number of thioether (sulfide) groups is 2. The predicted octanol–water partition coefficient (Wildman–Crippen LogP) is 3.96. The highest BCUT2D eigenvalue weighted by Gasteiger charge is 2.13. The van der Waals surface area contributed by atoms with E-state index in [2.05, 4.69) is 32.8 Å². The molecule has 0 spiro atoms. The number of aromatic nitrogens is 6. The smallest absolute Gasteiger partial charge is 0.135 e. The average Bonchev–Trinajstić information content (AvgIpc) is 3.37. The highest BCUT2D eigenvalue weighted by molar-refractivity contribution is 7.99. The van der Waals surface area contributed by atoms with Crippen molar-refractivity contribution in [3.63, 3.8) is 0 Å². The third-order valence-electron chi connectivity index (χ3n) is 3.91. The van der Waals surface area contributed by atoms with Crippen molar-refractivity contribution >= 4 is 23.5 Å². The molecule has 0 atom stereocenters. The van der Waals surface area contributed by atoms with Crippen LogP contribution in [0.2, 0.25) is 0 Å². The zero-order chi connectivity index (χ0) is 17.9. The molecular formula is C18H16N6S2. The van der Waals surface area contributed by atoms with Crippen LogP contribution in [-0.4, -0.2) is 42.5 Å². The Kier molecular flexibility index (Phi) is 4.77. The molecule has 2 aromatic heterocycles. The van der Waals surface area contributed by atoms with Gasteiger partial charge in [-0.3, -0.25) is 0 Å². The summed E-state index contributed by atoms with van der Waals surface area (Å²) in [5.41, 5.74) is 3.38. The van der Waals surface area contributed by atoms with E-state index in [1.807, 2.05) is 61.3 Å². The van der Waals surface area contributed by atoms with Gasteiger partial charge in [0.15, 0.2) is 0 Å². The van der Waals surface area contributed by atoms with Crippen LogP contribution in [0.5, 0.6) is 0 Å². The van der Waals surface area contributed by atoms with Crippen molar-refractivity contribution in [3.05, 3.63) is 60.9 Å². The lowest BCUT2D eigenvalue weighted by atomic mass is 10.3. The molecule has 26 heavy (non-hydrogen) atoms. The molecule has 0 amide bonds. The molecule has 0 saturated heterocycles. The minimum Gasteiger partial charge on any atom is -0.219 e. The van der Waals surface area contributed by atoms with E-state index >= 15 is 0 Å². The highest BCUT2D eigenvalue weighted by atomic mass is 32.2. The Morgan fingerprint density at radius 2 is 1.08 bits per heavy atom. The first-order valence-corrected chi connectivity index (χ1v) is 10.4. The monoisotopic (exact) mass is 380 g/mol. The summed E-state index contributed by atoms with van der Waals surface area (Å²) in [6, 6.07) is 16.2. The fourth-order valence-corrected chi connectivity index (χ4v) is 3.81. The van der Waals surface area contributed by atoms with E-state index in [1.54, 1.807) is 32.9 Å². The van der Waals surface area contributed by atoms with Crippen LogP contribution in [0, 0.1) is 0 Å². The number of nitrogens with zero attached hydrogens (tertiary/aromatic N) is 6. The zero-order valence-electron chi connectivity index (χ0n) is 14.3. The third-order valence-corrected chi connectivity index (χ3v) is 5.48. The molecule has 0 saturated carbocycles. The molecule has 2 heterocycles. The molecule has 0 aliphatic rings. The van der Waals surface area contributed by atoms with Gasteiger partial charge in [0.1, 0.15) is 11.4 Å². The first kappa shape index (κ1) is 16.9. The molecule has 0 radical (unpaired) electrons. The van der Waals surface area contributed by atoms with Crippen LogP contribution in [-0.2, 0) is 0 Å². The summed E-state index contributed by atoms with van der Waals surface area (Å²) < 4.78 is 3.55. The second-order valence-electron chi connectivity index (χ2n) is 5.44. The summed E-state index contributed by atoms with van der Waals surface area (Å²) >= 11 is 3.36. The quantitative estimate of drug-likeness (QED) is 0.489. The molecule has 4 aromatic rings. The molecule has 0 unspecified atom stereocenters. The fraction of sp³-hybridized carbons (Fsp3) is 0.111. The number of para-hydroxylation sites is 2. The lowest BCUT2D eigenvalue weighted by Gasteiger charge is -2.05. The Labute approximate surface area is 159 Å². The van der Waals surface area contributed by atoms with Crippen LogP contribution in [0.3, 0.4) is 0 Å². The van der Waals surface area contributed by atoms with Crippen molar-refractivity contribution in [2.75, 3.05) is 12.5 Å². The zero-order valence-corrected chi connectivity index (χ0v) is 15.9. The number of rotatable bonds is 5. The molecule has 6 nitrogen and oxygen atoms in total. The van der Waals surface area contributed by atoms with Gasteiger partial charge in [0.2, 0.25) is 0 Å². The van der Waals surface area contributed by atoms with Gasteiger partial charge in [0, 0.05) is 9.79 Å². The molecular weight excluding hydrogens is 364 g/mol. The Hall–Kier alpha value is -2.58. The van der Waals surface area contributed by atoms with Gasteiger partial charge in [-0.05, 0) is 36.8 Å². The molecule has 2 aromatic carbocycles. The second-order valence-corrected chi connectivity index (χ2v) is 7.14. The molecule has 0 bridgehead atoms. The standard InChI is InChI=1S/C18H16N6S2/c1-25-17-9-5-3-7-15(17)23-11-13(19-21-23)14-12-24(22-20-14)16-8-4-6-10-18(16)26-2/h3-12H,1-2H3. The van der Waals surface area contributed by atoms with Crippen molar-refractivity contribution in [1.82, 2.24) is 30.0 Å². The summed E-state index contributed by atoms with van der Waals surface area (Å²) in [5, 5.41) is 17.1. The summed E-state index contributed by atoms with van der Waals surface area (Å²) in [5.74, 6) is 0.